The first-order valence-corrected chi connectivity index (χ1v) is 9.27. The molecule has 0 aromatic heterocycles. The van der Waals surface area contributed by atoms with E-state index in [9.17, 15) is 4.79 Å². The molecule has 0 spiro atoms. The number of hydrogen-bond acceptors (Lipinski definition) is 3. The van der Waals surface area contributed by atoms with Crippen molar-refractivity contribution in [1.82, 2.24) is 10.2 Å². The topological polar surface area (TPSA) is 41.6 Å². The molecular weight excluding hydrogens is 288 g/mol. The zero-order valence-corrected chi connectivity index (χ0v) is 16.3. The minimum atomic E-state index is -0.431. The number of carbonyl (C=O) groups excluding carboxylic acids is 1. The standard InChI is InChI=1S/C19H38N2O2/c1-14(2)16-10-8-9-11-17(16)20-12-15(3)13-21(7)18(22)23-19(4,5)6/h14-17,20H,8-13H2,1-7H3. The third kappa shape index (κ3) is 7.56. The molecule has 0 aromatic rings. The van der Waals surface area contributed by atoms with Crippen LogP contribution in [0.15, 0.2) is 0 Å². The highest BCUT2D eigenvalue weighted by Gasteiger charge is 2.27. The number of amides is 1. The molecule has 4 nitrogen and oxygen atoms in total. The van der Waals surface area contributed by atoms with Gasteiger partial charge in [0, 0.05) is 19.6 Å². The van der Waals surface area contributed by atoms with Crippen LogP contribution in [0.5, 0.6) is 0 Å². The van der Waals surface area contributed by atoms with Gasteiger partial charge >= 0.3 is 6.09 Å². The van der Waals surface area contributed by atoms with Crippen molar-refractivity contribution in [2.45, 2.75) is 78.9 Å². The SMILES string of the molecule is CC(CNC1CCCCC1C(C)C)CN(C)C(=O)OC(C)(C)C. The molecule has 136 valence electrons. The first-order chi connectivity index (χ1) is 10.6. The van der Waals surface area contributed by atoms with Crippen LogP contribution in [0.3, 0.4) is 0 Å². The van der Waals surface area contributed by atoms with Gasteiger partial charge in [-0.25, -0.2) is 4.79 Å². The fourth-order valence-corrected chi connectivity index (χ4v) is 3.51. The molecule has 0 heterocycles. The van der Waals surface area contributed by atoms with Crippen LogP contribution in [0.1, 0.15) is 67.2 Å². The Morgan fingerprint density at radius 1 is 1.22 bits per heavy atom. The van der Waals surface area contributed by atoms with Crippen LogP contribution in [0, 0.1) is 17.8 Å². The monoisotopic (exact) mass is 326 g/mol. The van der Waals surface area contributed by atoms with Crippen LogP contribution in [0.25, 0.3) is 0 Å². The first kappa shape index (κ1) is 20.3. The van der Waals surface area contributed by atoms with Gasteiger partial charge in [-0.2, -0.15) is 0 Å². The average Bonchev–Trinajstić information content (AvgIpc) is 2.43. The Hall–Kier alpha value is -0.770. The zero-order chi connectivity index (χ0) is 17.6. The molecule has 0 aromatic carbocycles. The van der Waals surface area contributed by atoms with Crippen molar-refractivity contribution in [3.05, 3.63) is 0 Å². The van der Waals surface area contributed by atoms with Crippen LogP contribution in [0.4, 0.5) is 4.79 Å². The Labute approximate surface area is 143 Å². The molecule has 3 unspecified atom stereocenters. The molecule has 1 rings (SSSR count). The Kier molecular flexibility index (Phi) is 7.85. The van der Waals surface area contributed by atoms with Gasteiger partial charge in [-0.05, 0) is 57.9 Å². The highest BCUT2D eigenvalue weighted by atomic mass is 16.6. The van der Waals surface area contributed by atoms with Crippen molar-refractivity contribution < 1.29 is 9.53 Å². The van der Waals surface area contributed by atoms with Gasteiger partial charge in [-0.1, -0.05) is 33.6 Å². The highest BCUT2D eigenvalue weighted by molar-refractivity contribution is 5.67. The molecule has 0 bridgehead atoms. The molecule has 1 N–H and O–H groups in total. The number of rotatable bonds is 6. The quantitative estimate of drug-likeness (QED) is 0.791. The lowest BCUT2D eigenvalue weighted by molar-refractivity contribution is 0.0275. The number of ether oxygens (including phenoxy) is 1. The molecule has 1 amide bonds. The summed E-state index contributed by atoms with van der Waals surface area (Å²) in [7, 11) is 1.82. The van der Waals surface area contributed by atoms with Crippen LogP contribution in [-0.2, 0) is 4.74 Å². The molecule has 23 heavy (non-hydrogen) atoms. The van der Waals surface area contributed by atoms with E-state index in [1.54, 1.807) is 4.90 Å². The molecule has 3 atom stereocenters. The summed E-state index contributed by atoms with van der Waals surface area (Å²) in [5, 5.41) is 3.77. The minimum absolute atomic E-state index is 0.234. The summed E-state index contributed by atoms with van der Waals surface area (Å²) in [5.41, 5.74) is -0.431. The van der Waals surface area contributed by atoms with E-state index in [2.05, 4.69) is 26.1 Å². The Bertz CT molecular complexity index is 363. The Balaban J connectivity index is 2.38. The van der Waals surface area contributed by atoms with Crippen molar-refractivity contribution >= 4 is 6.09 Å². The summed E-state index contributed by atoms with van der Waals surface area (Å²) < 4.78 is 5.41. The average molecular weight is 327 g/mol. The van der Waals surface area contributed by atoms with Crippen LogP contribution < -0.4 is 5.32 Å². The maximum atomic E-state index is 12.0. The van der Waals surface area contributed by atoms with Gasteiger partial charge in [0.2, 0.25) is 0 Å². The maximum Gasteiger partial charge on any atom is 0.410 e. The van der Waals surface area contributed by atoms with Crippen molar-refractivity contribution in [2.24, 2.45) is 17.8 Å². The first-order valence-electron chi connectivity index (χ1n) is 9.27. The second-order valence-corrected chi connectivity index (χ2v) is 8.67. The lowest BCUT2D eigenvalue weighted by Gasteiger charge is -2.36. The summed E-state index contributed by atoms with van der Waals surface area (Å²) in [5.74, 6) is 1.95. The van der Waals surface area contributed by atoms with E-state index in [1.165, 1.54) is 25.7 Å². The summed E-state index contributed by atoms with van der Waals surface area (Å²) >= 11 is 0. The fourth-order valence-electron chi connectivity index (χ4n) is 3.51. The molecule has 0 saturated heterocycles. The molecule has 1 saturated carbocycles. The largest absolute Gasteiger partial charge is 0.444 e. The second kappa shape index (κ2) is 8.91. The smallest absolute Gasteiger partial charge is 0.410 e. The van der Waals surface area contributed by atoms with Gasteiger partial charge in [-0.3, -0.25) is 0 Å². The van der Waals surface area contributed by atoms with Gasteiger partial charge in [0.05, 0.1) is 0 Å². The van der Waals surface area contributed by atoms with E-state index < -0.39 is 5.60 Å². The zero-order valence-electron chi connectivity index (χ0n) is 16.3. The summed E-state index contributed by atoms with van der Waals surface area (Å²) in [6, 6.07) is 0.637. The van der Waals surface area contributed by atoms with E-state index in [4.69, 9.17) is 4.74 Å². The Morgan fingerprint density at radius 3 is 2.39 bits per heavy atom. The second-order valence-electron chi connectivity index (χ2n) is 8.67. The predicted molar refractivity (Wildman–Crippen MR) is 96.6 cm³/mol. The van der Waals surface area contributed by atoms with Crippen molar-refractivity contribution in [2.75, 3.05) is 20.1 Å². The van der Waals surface area contributed by atoms with E-state index >= 15 is 0 Å². The molecule has 1 aliphatic rings. The molecule has 0 aliphatic heterocycles. The van der Waals surface area contributed by atoms with Gasteiger partial charge < -0.3 is 15.0 Å². The predicted octanol–water partition coefficient (Wildman–Crippen LogP) is 4.29. The molecule has 0 radical (unpaired) electrons. The van der Waals surface area contributed by atoms with Crippen molar-refractivity contribution in [3.8, 4) is 0 Å². The van der Waals surface area contributed by atoms with Crippen LogP contribution >= 0.6 is 0 Å². The van der Waals surface area contributed by atoms with Gasteiger partial charge in [0.25, 0.3) is 0 Å². The summed E-state index contributed by atoms with van der Waals surface area (Å²) in [6.45, 7) is 14.3. The molecule has 1 aliphatic carbocycles. The number of hydrogen-bond donors (Lipinski definition) is 1. The van der Waals surface area contributed by atoms with E-state index in [0.717, 1.165) is 24.9 Å². The third-order valence-electron chi connectivity index (χ3n) is 4.69. The van der Waals surface area contributed by atoms with Crippen LogP contribution in [0.2, 0.25) is 0 Å². The summed E-state index contributed by atoms with van der Waals surface area (Å²) in [6.07, 6.45) is 5.12. The molecule has 1 fully saturated rings. The summed E-state index contributed by atoms with van der Waals surface area (Å²) in [4.78, 5) is 13.7. The number of nitrogens with zero attached hydrogens (tertiary/aromatic N) is 1. The van der Waals surface area contributed by atoms with E-state index in [1.807, 2.05) is 27.8 Å². The van der Waals surface area contributed by atoms with Gasteiger partial charge in [-0.15, -0.1) is 0 Å². The third-order valence-corrected chi connectivity index (χ3v) is 4.69. The van der Waals surface area contributed by atoms with E-state index in [0.29, 0.717) is 12.0 Å². The maximum absolute atomic E-state index is 12.0. The molecular formula is C19H38N2O2. The van der Waals surface area contributed by atoms with Crippen molar-refractivity contribution in [3.63, 3.8) is 0 Å². The molecule has 4 heteroatoms. The highest BCUT2D eigenvalue weighted by Crippen LogP contribution is 2.30. The van der Waals surface area contributed by atoms with Gasteiger partial charge in [0.1, 0.15) is 5.60 Å². The van der Waals surface area contributed by atoms with E-state index in [-0.39, 0.29) is 6.09 Å². The lowest BCUT2D eigenvalue weighted by atomic mass is 9.77. The Morgan fingerprint density at radius 2 is 1.83 bits per heavy atom. The number of nitrogens with one attached hydrogen (secondary N) is 1. The van der Waals surface area contributed by atoms with Gasteiger partial charge in [0.15, 0.2) is 0 Å². The normalized spacial score (nSPS) is 23.7. The lowest BCUT2D eigenvalue weighted by Crippen LogP contribution is -2.44. The van der Waals surface area contributed by atoms with Crippen LogP contribution in [-0.4, -0.2) is 42.8 Å². The fraction of sp³-hybridized carbons (Fsp3) is 0.947. The van der Waals surface area contributed by atoms with Crippen molar-refractivity contribution in [1.29, 1.82) is 0 Å². The minimum Gasteiger partial charge on any atom is -0.444 e. The number of carbonyl (C=O) groups is 1.